The maximum absolute atomic E-state index is 13.2. The SMILES string of the molecule is COc1cc(CNC(=O)CCCCCCC(C)C)ccc1OC(=O)C(NC(=O)C(C)c1ccc(CC(C)C)cc1)C(C)C. The van der Waals surface area contributed by atoms with Crippen LogP contribution in [0.5, 0.6) is 11.5 Å². The molecule has 0 aliphatic carbocycles. The normalized spacial score (nSPS) is 12.7. The minimum Gasteiger partial charge on any atom is -0.493 e. The Morgan fingerprint density at radius 2 is 1.42 bits per heavy atom. The Morgan fingerprint density at radius 3 is 2.02 bits per heavy atom. The third kappa shape index (κ3) is 12.8. The Bertz CT molecular complexity index is 1160. The third-order valence-corrected chi connectivity index (χ3v) is 7.60. The monoisotopic (exact) mass is 594 g/mol. The molecule has 0 saturated carbocycles. The van der Waals surface area contributed by atoms with Gasteiger partial charge in [0.05, 0.1) is 13.0 Å². The lowest BCUT2D eigenvalue weighted by Crippen LogP contribution is -2.47. The zero-order chi connectivity index (χ0) is 31.9. The second kappa shape index (κ2) is 18.3. The summed E-state index contributed by atoms with van der Waals surface area (Å²) < 4.78 is 11.2. The minimum absolute atomic E-state index is 0.0228. The summed E-state index contributed by atoms with van der Waals surface area (Å²) in [6, 6.07) is 12.5. The molecule has 0 heterocycles. The highest BCUT2D eigenvalue weighted by Crippen LogP contribution is 2.29. The van der Waals surface area contributed by atoms with Crippen molar-refractivity contribution in [1.29, 1.82) is 0 Å². The molecule has 2 unspecified atom stereocenters. The minimum atomic E-state index is -0.829. The van der Waals surface area contributed by atoms with E-state index in [1.165, 1.54) is 25.5 Å². The summed E-state index contributed by atoms with van der Waals surface area (Å²) >= 11 is 0. The first-order valence-corrected chi connectivity index (χ1v) is 16.0. The summed E-state index contributed by atoms with van der Waals surface area (Å²) in [5.74, 6) is 0.551. The lowest BCUT2D eigenvalue weighted by molar-refractivity contribution is -0.141. The van der Waals surface area contributed by atoms with E-state index < -0.39 is 17.9 Å². The molecule has 2 rings (SSSR count). The topological polar surface area (TPSA) is 93.7 Å². The van der Waals surface area contributed by atoms with Crippen molar-refractivity contribution < 1.29 is 23.9 Å². The molecule has 2 atom stereocenters. The first-order chi connectivity index (χ1) is 20.4. The van der Waals surface area contributed by atoms with E-state index in [9.17, 15) is 14.4 Å². The van der Waals surface area contributed by atoms with E-state index in [0.29, 0.717) is 24.6 Å². The lowest BCUT2D eigenvalue weighted by Gasteiger charge is -2.23. The Labute approximate surface area is 259 Å². The smallest absolute Gasteiger partial charge is 0.334 e. The van der Waals surface area contributed by atoms with Crippen molar-refractivity contribution in [3.63, 3.8) is 0 Å². The fourth-order valence-corrected chi connectivity index (χ4v) is 4.90. The van der Waals surface area contributed by atoms with Crippen LogP contribution in [0.25, 0.3) is 0 Å². The quantitative estimate of drug-likeness (QED) is 0.107. The molecule has 0 bridgehead atoms. The van der Waals surface area contributed by atoms with Gasteiger partial charge in [0.25, 0.3) is 0 Å². The van der Waals surface area contributed by atoms with Crippen LogP contribution in [0.2, 0.25) is 0 Å². The maximum atomic E-state index is 13.2. The highest BCUT2D eigenvalue weighted by Gasteiger charge is 2.29. The van der Waals surface area contributed by atoms with E-state index in [1.807, 2.05) is 32.9 Å². The molecule has 2 aromatic carbocycles. The highest BCUT2D eigenvalue weighted by molar-refractivity contribution is 5.89. The van der Waals surface area contributed by atoms with Crippen molar-refractivity contribution in [2.24, 2.45) is 17.8 Å². The van der Waals surface area contributed by atoms with Crippen molar-refractivity contribution in [2.45, 2.75) is 112 Å². The van der Waals surface area contributed by atoms with Crippen LogP contribution in [0, 0.1) is 17.8 Å². The molecule has 0 saturated heterocycles. The number of ether oxygens (including phenoxy) is 2. The van der Waals surface area contributed by atoms with E-state index in [4.69, 9.17) is 9.47 Å². The van der Waals surface area contributed by atoms with E-state index in [1.54, 1.807) is 18.2 Å². The Hall–Kier alpha value is -3.35. The van der Waals surface area contributed by atoms with Gasteiger partial charge in [-0.1, -0.05) is 97.6 Å². The van der Waals surface area contributed by atoms with Crippen LogP contribution in [0.15, 0.2) is 42.5 Å². The lowest BCUT2D eigenvalue weighted by atomic mass is 9.95. The van der Waals surface area contributed by atoms with Crippen LogP contribution in [0.3, 0.4) is 0 Å². The summed E-state index contributed by atoms with van der Waals surface area (Å²) in [5, 5.41) is 5.85. The summed E-state index contributed by atoms with van der Waals surface area (Å²) in [4.78, 5) is 38.6. The maximum Gasteiger partial charge on any atom is 0.334 e. The molecule has 7 nitrogen and oxygen atoms in total. The number of nitrogens with one attached hydrogen (secondary N) is 2. The molecule has 0 spiro atoms. The zero-order valence-corrected chi connectivity index (χ0v) is 27.6. The molecular weight excluding hydrogens is 540 g/mol. The summed E-state index contributed by atoms with van der Waals surface area (Å²) in [6.07, 6.45) is 7.06. The number of amides is 2. The number of esters is 1. The molecule has 238 valence electrons. The van der Waals surface area contributed by atoms with Crippen molar-refractivity contribution in [2.75, 3.05) is 7.11 Å². The molecular formula is C36H54N2O5. The van der Waals surface area contributed by atoms with Crippen molar-refractivity contribution in [3.05, 3.63) is 59.2 Å². The average Bonchev–Trinajstić information content (AvgIpc) is 2.96. The molecule has 0 aromatic heterocycles. The van der Waals surface area contributed by atoms with E-state index >= 15 is 0 Å². The Balaban J connectivity index is 1.93. The van der Waals surface area contributed by atoms with Crippen LogP contribution in [0.1, 0.15) is 110 Å². The van der Waals surface area contributed by atoms with Crippen LogP contribution < -0.4 is 20.1 Å². The number of carbonyl (C=O) groups is 3. The summed E-state index contributed by atoms with van der Waals surface area (Å²) in [6.45, 7) is 14.8. The fraction of sp³-hybridized carbons (Fsp3) is 0.583. The molecule has 0 fully saturated rings. The number of methoxy groups -OCH3 is 1. The fourth-order valence-electron chi connectivity index (χ4n) is 4.90. The molecule has 0 aliphatic heterocycles. The van der Waals surface area contributed by atoms with E-state index in [0.717, 1.165) is 42.7 Å². The van der Waals surface area contributed by atoms with Crippen molar-refractivity contribution in [1.82, 2.24) is 10.6 Å². The highest BCUT2D eigenvalue weighted by atomic mass is 16.6. The van der Waals surface area contributed by atoms with Gasteiger partial charge in [0.1, 0.15) is 6.04 Å². The molecule has 2 amide bonds. The van der Waals surface area contributed by atoms with Crippen LogP contribution >= 0.6 is 0 Å². The predicted molar refractivity (Wildman–Crippen MR) is 173 cm³/mol. The van der Waals surface area contributed by atoms with Crippen molar-refractivity contribution >= 4 is 17.8 Å². The van der Waals surface area contributed by atoms with Gasteiger partial charge in [-0.3, -0.25) is 9.59 Å². The van der Waals surface area contributed by atoms with Gasteiger partial charge in [0.2, 0.25) is 11.8 Å². The largest absolute Gasteiger partial charge is 0.493 e. The van der Waals surface area contributed by atoms with Gasteiger partial charge >= 0.3 is 5.97 Å². The zero-order valence-electron chi connectivity index (χ0n) is 27.6. The molecule has 0 radical (unpaired) electrons. The molecule has 43 heavy (non-hydrogen) atoms. The van der Waals surface area contributed by atoms with Gasteiger partial charge in [-0.15, -0.1) is 0 Å². The molecule has 0 aliphatic rings. The van der Waals surface area contributed by atoms with Crippen LogP contribution in [-0.2, 0) is 27.3 Å². The first-order valence-electron chi connectivity index (χ1n) is 16.0. The van der Waals surface area contributed by atoms with E-state index in [-0.39, 0.29) is 23.5 Å². The second-order valence-electron chi connectivity index (χ2n) is 12.8. The Morgan fingerprint density at radius 1 is 0.767 bits per heavy atom. The number of hydrogen-bond acceptors (Lipinski definition) is 5. The third-order valence-electron chi connectivity index (χ3n) is 7.60. The van der Waals surface area contributed by atoms with Crippen molar-refractivity contribution in [3.8, 4) is 11.5 Å². The average molecular weight is 595 g/mol. The molecule has 2 N–H and O–H groups in total. The number of unbranched alkanes of at least 4 members (excludes halogenated alkanes) is 3. The van der Waals surface area contributed by atoms with Gasteiger partial charge < -0.3 is 20.1 Å². The van der Waals surface area contributed by atoms with Gasteiger partial charge in [-0.25, -0.2) is 4.79 Å². The van der Waals surface area contributed by atoms with E-state index in [2.05, 4.69) is 50.5 Å². The van der Waals surface area contributed by atoms with Gasteiger partial charge in [0.15, 0.2) is 11.5 Å². The molecule has 2 aromatic rings. The summed E-state index contributed by atoms with van der Waals surface area (Å²) in [7, 11) is 1.50. The molecule has 7 heteroatoms. The first kappa shape index (κ1) is 35.8. The van der Waals surface area contributed by atoms with Gasteiger partial charge in [-0.2, -0.15) is 0 Å². The van der Waals surface area contributed by atoms with Gasteiger partial charge in [0, 0.05) is 13.0 Å². The summed E-state index contributed by atoms with van der Waals surface area (Å²) in [5.41, 5.74) is 2.97. The number of rotatable bonds is 18. The second-order valence-corrected chi connectivity index (χ2v) is 12.8. The Kier molecular flexibility index (Phi) is 15.3. The van der Waals surface area contributed by atoms with Gasteiger partial charge in [-0.05, 0) is 66.3 Å². The predicted octanol–water partition coefficient (Wildman–Crippen LogP) is 7.36. The number of hydrogen-bond donors (Lipinski definition) is 2. The standard InChI is InChI=1S/C36H54N2O5/c1-24(2)13-11-9-10-12-14-33(39)37-23-29-17-20-31(32(22-29)42-8)43-36(41)34(26(5)6)38-35(40)27(7)30-18-15-28(16-19-30)21-25(3)4/h15-20,22,24-27,34H,9-14,21,23H2,1-8H3,(H,37,39)(H,38,40). The van der Waals surface area contributed by atoms with Crippen LogP contribution in [0.4, 0.5) is 0 Å². The van der Waals surface area contributed by atoms with Crippen LogP contribution in [-0.4, -0.2) is 30.9 Å². The number of carbonyl (C=O) groups excluding carboxylic acids is 3. The number of benzene rings is 2.